The first-order chi connectivity index (χ1) is 14.9. The molecule has 0 saturated carbocycles. The Morgan fingerprint density at radius 1 is 1.10 bits per heavy atom. The van der Waals surface area contributed by atoms with Gasteiger partial charge in [0.2, 0.25) is 0 Å². The summed E-state index contributed by atoms with van der Waals surface area (Å²) in [6, 6.07) is 15.5. The van der Waals surface area contributed by atoms with Gasteiger partial charge in [-0.2, -0.15) is 0 Å². The van der Waals surface area contributed by atoms with Crippen LogP contribution < -0.4 is 9.04 Å². The number of nitrogens with zero attached hydrogens (tertiary/aromatic N) is 3. The van der Waals surface area contributed by atoms with Crippen molar-refractivity contribution in [2.24, 2.45) is 0 Å². The highest BCUT2D eigenvalue weighted by Crippen LogP contribution is 2.29. The maximum absolute atomic E-state index is 13.7. The molecule has 0 aliphatic rings. The minimum Gasteiger partial charge on any atom is -0.497 e. The van der Waals surface area contributed by atoms with Gasteiger partial charge in [0, 0.05) is 6.20 Å². The predicted molar refractivity (Wildman–Crippen MR) is 123 cm³/mol. The number of ether oxygens (including phenoxy) is 2. The molecule has 0 spiro atoms. The van der Waals surface area contributed by atoms with Crippen LogP contribution in [0.3, 0.4) is 0 Å². The highest BCUT2D eigenvalue weighted by atomic mass is 32.2. The quantitative estimate of drug-likeness (QED) is 0.475. The summed E-state index contributed by atoms with van der Waals surface area (Å²) in [4.78, 5) is 8.74. The first kappa shape index (κ1) is 22.6. The number of thiocarbonyl (C=S) groups is 1. The molecule has 0 atom stereocenters. The first-order valence-corrected chi connectivity index (χ1v) is 11.4. The number of methoxy groups -OCH3 is 1. The van der Waals surface area contributed by atoms with E-state index in [2.05, 4.69) is 9.97 Å². The van der Waals surface area contributed by atoms with E-state index in [4.69, 9.17) is 21.7 Å². The van der Waals surface area contributed by atoms with E-state index in [1.807, 2.05) is 30.3 Å². The van der Waals surface area contributed by atoms with Gasteiger partial charge in [0.05, 0.1) is 30.7 Å². The Kier molecular flexibility index (Phi) is 7.19. The largest absolute Gasteiger partial charge is 0.497 e. The third kappa shape index (κ3) is 5.18. The van der Waals surface area contributed by atoms with Crippen molar-refractivity contribution in [1.29, 1.82) is 0 Å². The summed E-state index contributed by atoms with van der Waals surface area (Å²) in [5.41, 5.74) is 1.14. The van der Waals surface area contributed by atoms with Crippen LogP contribution in [0.5, 0.6) is 5.75 Å². The molecule has 3 rings (SSSR count). The van der Waals surface area contributed by atoms with E-state index >= 15 is 0 Å². The zero-order valence-corrected chi connectivity index (χ0v) is 19.1. The minimum absolute atomic E-state index is 0.0629. The van der Waals surface area contributed by atoms with Crippen molar-refractivity contribution in [2.45, 2.75) is 25.3 Å². The van der Waals surface area contributed by atoms with Crippen LogP contribution in [-0.2, 0) is 21.3 Å². The predicted octanol–water partition coefficient (Wildman–Crippen LogP) is 3.90. The highest BCUT2D eigenvalue weighted by Gasteiger charge is 2.30. The molecule has 0 aliphatic heterocycles. The number of aryl methyl sites for hydroxylation is 1. The van der Waals surface area contributed by atoms with Crippen LogP contribution in [-0.4, -0.2) is 37.2 Å². The van der Waals surface area contributed by atoms with Crippen LogP contribution in [0, 0.1) is 6.92 Å². The fraction of sp³-hybridized carbons (Fsp3) is 0.227. The zero-order valence-electron chi connectivity index (χ0n) is 17.5. The number of sulfonamides is 1. The van der Waals surface area contributed by atoms with E-state index in [0.29, 0.717) is 23.7 Å². The molecule has 2 aromatic carbocycles. The topological polar surface area (TPSA) is 81.6 Å². The van der Waals surface area contributed by atoms with Gasteiger partial charge in [-0.1, -0.05) is 30.3 Å². The van der Waals surface area contributed by atoms with Crippen molar-refractivity contribution >= 4 is 33.1 Å². The normalized spacial score (nSPS) is 11.1. The van der Waals surface area contributed by atoms with Crippen molar-refractivity contribution in [3.63, 3.8) is 0 Å². The van der Waals surface area contributed by atoms with Gasteiger partial charge in [0.1, 0.15) is 11.6 Å². The molecule has 0 amide bonds. The molecule has 0 aliphatic carbocycles. The van der Waals surface area contributed by atoms with E-state index in [1.54, 1.807) is 26.0 Å². The Morgan fingerprint density at radius 2 is 1.77 bits per heavy atom. The molecule has 1 aromatic heterocycles. The molecule has 0 fully saturated rings. The number of hydrogen-bond acceptors (Lipinski definition) is 7. The van der Waals surface area contributed by atoms with Gasteiger partial charge in [-0.15, -0.1) is 0 Å². The van der Waals surface area contributed by atoms with E-state index in [1.165, 1.54) is 29.7 Å². The Hall–Kier alpha value is -3.04. The van der Waals surface area contributed by atoms with Gasteiger partial charge in [-0.3, -0.25) is 0 Å². The van der Waals surface area contributed by atoms with E-state index in [-0.39, 0.29) is 22.3 Å². The second kappa shape index (κ2) is 9.84. The van der Waals surface area contributed by atoms with Gasteiger partial charge >= 0.3 is 0 Å². The van der Waals surface area contributed by atoms with Gasteiger partial charge < -0.3 is 9.47 Å². The van der Waals surface area contributed by atoms with Crippen LogP contribution in [0.2, 0.25) is 0 Å². The summed E-state index contributed by atoms with van der Waals surface area (Å²) in [5, 5.41) is 0.139. The maximum Gasteiger partial charge on any atom is 0.265 e. The Labute approximate surface area is 187 Å². The smallest absolute Gasteiger partial charge is 0.265 e. The molecule has 1 heterocycles. The second-order valence-electron chi connectivity index (χ2n) is 6.55. The monoisotopic (exact) mass is 457 g/mol. The fourth-order valence-corrected chi connectivity index (χ4v) is 4.58. The van der Waals surface area contributed by atoms with Gasteiger partial charge in [0.25, 0.3) is 10.0 Å². The molecular weight excluding hydrogens is 434 g/mol. The summed E-state index contributed by atoms with van der Waals surface area (Å²) in [6.07, 6.45) is 1.50. The number of rotatable bonds is 8. The molecule has 0 N–H and O–H groups in total. The summed E-state index contributed by atoms with van der Waals surface area (Å²) in [6.45, 7) is 3.90. The van der Waals surface area contributed by atoms with Crippen LogP contribution in [0.1, 0.15) is 23.9 Å². The molecular formula is C22H23N3O4S2. The lowest BCUT2D eigenvalue weighted by Gasteiger charge is -2.26. The van der Waals surface area contributed by atoms with Gasteiger partial charge in [-0.05, 0) is 55.9 Å². The lowest BCUT2D eigenvalue weighted by Crippen LogP contribution is -2.33. The van der Waals surface area contributed by atoms with Gasteiger partial charge in [-0.25, -0.2) is 22.7 Å². The van der Waals surface area contributed by atoms with E-state index in [0.717, 1.165) is 5.56 Å². The molecule has 0 saturated heterocycles. The first-order valence-electron chi connectivity index (χ1n) is 9.58. The van der Waals surface area contributed by atoms with Crippen molar-refractivity contribution in [3.05, 3.63) is 77.7 Å². The SMILES string of the molecule is CCOC(=S)c1cnc(C)nc1N(Cc1ccccc1)S(=O)(=O)c1ccc(OC)cc1. The minimum atomic E-state index is -3.99. The Balaban J connectivity index is 2.17. The number of anilines is 1. The summed E-state index contributed by atoms with van der Waals surface area (Å²) >= 11 is 5.37. The molecule has 162 valence electrons. The average molecular weight is 458 g/mol. The lowest BCUT2D eigenvalue weighted by atomic mass is 10.2. The highest BCUT2D eigenvalue weighted by molar-refractivity contribution is 7.92. The maximum atomic E-state index is 13.7. The average Bonchev–Trinajstić information content (AvgIpc) is 2.78. The fourth-order valence-electron chi connectivity index (χ4n) is 2.90. The van der Waals surface area contributed by atoms with E-state index in [9.17, 15) is 8.42 Å². The van der Waals surface area contributed by atoms with Crippen molar-refractivity contribution in [1.82, 2.24) is 9.97 Å². The van der Waals surface area contributed by atoms with Crippen LogP contribution in [0.15, 0.2) is 65.7 Å². The van der Waals surface area contributed by atoms with Crippen LogP contribution in [0.25, 0.3) is 0 Å². The van der Waals surface area contributed by atoms with Gasteiger partial charge in [0.15, 0.2) is 10.9 Å². The lowest BCUT2D eigenvalue weighted by molar-refractivity contribution is 0.337. The third-order valence-electron chi connectivity index (χ3n) is 4.44. The molecule has 7 nitrogen and oxygen atoms in total. The molecule has 31 heavy (non-hydrogen) atoms. The molecule has 3 aromatic rings. The molecule has 0 unspecified atom stereocenters. The molecule has 9 heteroatoms. The number of aromatic nitrogens is 2. The molecule has 0 radical (unpaired) electrons. The standard InChI is InChI=1S/C22H23N3O4S2/c1-4-29-22(30)20-14-23-16(2)24-21(20)25(15-17-8-6-5-7-9-17)31(26,27)19-12-10-18(28-3)11-13-19/h5-14H,4,15H2,1-3H3. The number of hydrogen-bond donors (Lipinski definition) is 0. The summed E-state index contributed by atoms with van der Waals surface area (Å²) in [5.74, 6) is 1.15. The summed E-state index contributed by atoms with van der Waals surface area (Å²) < 4.78 is 39.3. The van der Waals surface area contributed by atoms with Crippen molar-refractivity contribution in [3.8, 4) is 5.75 Å². The second-order valence-corrected chi connectivity index (χ2v) is 8.78. The number of benzene rings is 2. The third-order valence-corrected chi connectivity index (χ3v) is 6.53. The molecule has 0 bridgehead atoms. The van der Waals surface area contributed by atoms with E-state index < -0.39 is 10.0 Å². The summed E-state index contributed by atoms with van der Waals surface area (Å²) in [7, 11) is -2.47. The Bertz CT molecular complexity index is 1150. The van der Waals surface area contributed by atoms with Crippen LogP contribution >= 0.6 is 12.2 Å². The van der Waals surface area contributed by atoms with Crippen LogP contribution in [0.4, 0.5) is 5.82 Å². The van der Waals surface area contributed by atoms with Crippen molar-refractivity contribution < 1.29 is 17.9 Å². The zero-order chi connectivity index (χ0) is 22.4. The Morgan fingerprint density at radius 3 is 2.39 bits per heavy atom. The van der Waals surface area contributed by atoms with Crippen molar-refractivity contribution in [2.75, 3.05) is 18.0 Å².